The number of hydrogen-bond donors (Lipinski definition) is 2. The Morgan fingerprint density at radius 2 is 1.79 bits per heavy atom. The van der Waals surface area contributed by atoms with Gasteiger partial charge in [-0.15, -0.1) is 0 Å². The minimum Gasteiger partial charge on any atom is -0.480 e. The van der Waals surface area contributed by atoms with Gasteiger partial charge in [0, 0.05) is 18.9 Å². The van der Waals surface area contributed by atoms with Crippen molar-refractivity contribution < 1.29 is 18.3 Å². The molecule has 29 heavy (non-hydrogen) atoms. The second-order valence-electron chi connectivity index (χ2n) is 6.21. The van der Waals surface area contributed by atoms with E-state index in [1.165, 1.54) is 22.8 Å². The maximum atomic E-state index is 13.2. The summed E-state index contributed by atoms with van der Waals surface area (Å²) < 4.78 is 27.7. The first-order valence-electron chi connectivity index (χ1n) is 8.81. The number of pyridine rings is 2. The third-order valence-electron chi connectivity index (χ3n) is 4.04. The van der Waals surface area contributed by atoms with E-state index in [9.17, 15) is 13.2 Å². The van der Waals surface area contributed by atoms with E-state index >= 15 is 0 Å². The van der Waals surface area contributed by atoms with Gasteiger partial charge in [-0.1, -0.05) is 36.4 Å². The maximum absolute atomic E-state index is 13.2. The SMILES string of the molecule is O=C(O)CNc1cccc(CN(Cc2ccccc2)S(=O)(=O)c2cccnc2)n1. The van der Waals surface area contributed by atoms with Crippen molar-refractivity contribution in [1.29, 1.82) is 0 Å². The number of aliphatic carboxylic acids is 1. The highest BCUT2D eigenvalue weighted by Gasteiger charge is 2.25. The molecule has 9 heteroatoms. The Kier molecular flexibility index (Phi) is 6.53. The van der Waals surface area contributed by atoms with E-state index in [0.29, 0.717) is 11.5 Å². The van der Waals surface area contributed by atoms with Crippen LogP contribution in [-0.2, 0) is 27.9 Å². The maximum Gasteiger partial charge on any atom is 0.322 e. The predicted molar refractivity (Wildman–Crippen MR) is 107 cm³/mol. The second-order valence-corrected chi connectivity index (χ2v) is 8.15. The van der Waals surface area contributed by atoms with Gasteiger partial charge in [-0.25, -0.2) is 13.4 Å². The zero-order valence-corrected chi connectivity index (χ0v) is 16.3. The Hall–Kier alpha value is -3.30. The molecule has 0 spiro atoms. The average molecular weight is 412 g/mol. The first-order valence-corrected chi connectivity index (χ1v) is 10.2. The number of carboxylic acids is 1. The number of nitrogens with zero attached hydrogens (tertiary/aromatic N) is 3. The zero-order chi connectivity index (χ0) is 20.7. The van der Waals surface area contributed by atoms with Crippen molar-refractivity contribution in [2.75, 3.05) is 11.9 Å². The highest BCUT2D eigenvalue weighted by atomic mass is 32.2. The first kappa shape index (κ1) is 20.4. The normalized spacial score (nSPS) is 11.3. The number of benzene rings is 1. The van der Waals surface area contributed by atoms with Gasteiger partial charge in [-0.2, -0.15) is 4.31 Å². The molecule has 3 aromatic rings. The lowest BCUT2D eigenvalue weighted by Gasteiger charge is -2.22. The van der Waals surface area contributed by atoms with Crippen LogP contribution in [-0.4, -0.2) is 40.3 Å². The third-order valence-corrected chi connectivity index (χ3v) is 5.82. The molecular formula is C20H20N4O4S. The Labute approximate surface area is 168 Å². The van der Waals surface area contributed by atoms with Crippen molar-refractivity contribution in [3.63, 3.8) is 0 Å². The van der Waals surface area contributed by atoms with Crippen molar-refractivity contribution in [2.45, 2.75) is 18.0 Å². The summed E-state index contributed by atoms with van der Waals surface area (Å²) in [6.45, 7) is -0.0978. The van der Waals surface area contributed by atoms with E-state index in [-0.39, 0.29) is 24.5 Å². The van der Waals surface area contributed by atoms with E-state index in [2.05, 4.69) is 15.3 Å². The molecule has 0 aliphatic carbocycles. The molecule has 0 saturated carbocycles. The van der Waals surface area contributed by atoms with Gasteiger partial charge in [0.25, 0.3) is 0 Å². The highest BCUT2D eigenvalue weighted by Crippen LogP contribution is 2.20. The van der Waals surface area contributed by atoms with E-state index in [0.717, 1.165) is 5.56 Å². The zero-order valence-electron chi connectivity index (χ0n) is 15.5. The number of anilines is 1. The molecular weight excluding hydrogens is 392 g/mol. The summed E-state index contributed by atoms with van der Waals surface area (Å²) in [7, 11) is -3.82. The molecule has 2 N–H and O–H groups in total. The van der Waals surface area contributed by atoms with Crippen molar-refractivity contribution in [3.05, 3.63) is 84.3 Å². The standard InChI is InChI=1S/C20H20N4O4S/c25-20(26)13-22-19-10-4-8-17(23-19)15-24(14-16-6-2-1-3-7-16)29(27,28)18-9-5-11-21-12-18/h1-12H,13-15H2,(H,22,23)(H,25,26). The molecule has 150 valence electrons. The van der Waals surface area contributed by atoms with Crippen LogP contribution in [0.2, 0.25) is 0 Å². The fourth-order valence-corrected chi connectivity index (χ4v) is 4.04. The molecule has 8 nitrogen and oxygen atoms in total. The Morgan fingerprint density at radius 1 is 1.00 bits per heavy atom. The minimum atomic E-state index is -3.82. The van der Waals surface area contributed by atoms with E-state index in [4.69, 9.17) is 5.11 Å². The van der Waals surface area contributed by atoms with Gasteiger partial charge in [-0.05, 0) is 29.8 Å². The van der Waals surface area contributed by atoms with Gasteiger partial charge in [0.2, 0.25) is 10.0 Å². The third kappa shape index (κ3) is 5.59. The molecule has 3 rings (SSSR count). The van der Waals surface area contributed by atoms with Crippen LogP contribution in [0.1, 0.15) is 11.3 Å². The molecule has 2 heterocycles. The minimum absolute atomic E-state index is 0.0225. The predicted octanol–water partition coefficient (Wildman–Crippen LogP) is 2.36. The van der Waals surface area contributed by atoms with Crippen LogP contribution in [0.3, 0.4) is 0 Å². The largest absolute Gasteiger partial charge is 0.480 e. The fourth-order valence-electron chi connectivity index (χ4n) is 2.67. The van der Waals surface area contributed by atoms with Crippen molar-refractivity contribution >= 4 is 21.8 Å². The molecule has 0 fully saturated rings. The molecule has 0 aliphatic rings. The summed E-state index contributed by atoms with van der Waals surface area (Å²) in [6, 6.07) is 17.4. The topological polar surface area (TPSA) is 112 Å². The van der Waals surface area contributed by atoms with Crippen LogP contribution < -0.4 is 5.32 Å². The molecule has 0 bridgehead atoms. The summed E-state index contributed by atoms with van der Waals surface area (Å²) in [4.78, 5) is 19.1. The number of aromatic nitrogens is 2. The highest BCUT2D eigenvalue weighted by molar-refractivity contribution is 7.89. The summed E-state index contributed by atoms with van der Waals surface area (Å²) in [5.74, 6) is -0.648. The summed E-state index contributed by atoms with van der Waals surface area (Å²) in [5, 5.41) is 11.5. The average Bonchev–Trinajstić information content (AvgIpc) is 2.73. The summed E-state index contributed by atoms with van der Waals surface area (Å²) >= 11 is 0. The molecule has 1 aromatic carbocycles. The van der Waals surface area contributed by atoms with E-state index < -0.39 is 16.0 Å². The van der Waals surface area contributed by atoms with Crippen molar-refractivity contribution in [3.8, 4) is 0 Å². The van der Waals surface area contributed by atoms with Gasteiger partial charge >= 0.3 is 5.97 Å². The number of sulfonamides is 1. The number of hydrogen-bond acceptors (Lipinski definition) is 6. The van der Waals surface area contributed by atoms with Gasteiger partial charge in [0.05, 0.1) is 12.2 Å². The number of carbonyl (C=O) groups is 1. The van der Waals surface area contributed by atoms with E-state index in [1.54, 1.807) is 24.3 Å². The van der Waals surface area contributed by atoms with Gasteiger partial charge in [0.15, 0.2) is 0 Å². The van der Waals surface area contributed by atoms with Crippen LogP contribution in [0.25, 0.3) is 0 Å². The van der Waals surface area contributed by atoms with Gasteiger partial charge in [-0.3, -0.25) is 9.78 Å². The smallest absolute Gasteiger partial charge is 0.322 e. The molecule has 2 aromatic heterocycles. The lowest BCUT2D eigenvalue weighted by atomic mass is 10.2. The lowest BCUT2D eigenvalue weighted by Crippen LogP contribution is -2.30. The number of rotatable bonds is 9. The van der Waals surface area contributed by atoms with Gasteiger partial charge in [0.1, 0.15) is 17.3 Å². The van der Waals surface area contributed by atoms with Crippen molar-refractivity contribution in [1.82, 2.24) is 14.3 Å². The first-order chi connectivity index (χ1) is 13.9. The van der Waals surface area contributed by atoms with Crippen LogP contribution in [0.15, 0.2) is 78.0 Å². The Bertz CT molecular complexity index is 1060. The summed E-state index contributed by atoms with van der Waals surface area (Å²) in [5.41, 5.74) is 1.32. The van der Waals surface area contributed by atoms with Crippen LogP contribution >= 0.6 is 0 Å². The fraction of sp³-hybridized carbons (Fsp3) is 0.150. The molecule has 0 atom stereocenters. The Morgan fingerprint density at radius 3 is 2.48 bits per heavy atom. The number of carboxylic acid groups (broad SMARTS) is 1. The molecule has 0 saturated heterocycles. The van der Waals surface area contributed by atoms with Crippen LogP contribution in [0, 0.1) is 0 Å². The summed E-state index contributed by atoms with van der Waals surface area (Å²) in [6.07, 6.45) is 2.82. The van der Waals surface area contributed by atoms with Crippen LogP contribution in [0.4, 0.5) is 5.82 Å². The van der Waals surface area contributed by atoms with Crippen molar-refractivity contribution in [2.24, 2.45) is 0 Å². The van der Waals surface area contributed by atoms with Gasteiger partial charge < -0.3 is 10.4 Å². The molecule has 0 unspecified atom stereocenters. The second kappa shape index (κ2) is 9.26. The quantitative estimate of drug-likeness (QED) is 0.555. The number of nitrogens with one attached hydrogen (secondary N) is 1. The Balaban J connectivity index is 1.90. The van der Waals surface area contributed by atoms with E-state index in [1.807, 2.05) is 30.3 Å². The lowest BCUT2D eigenvalue weighted by molar-refractivity contribution is -0.134. The molecule has 0 aliphatic heterocycles. The van der Waals surface area contributed by atoms with Crippen LogP contribution in [0.5, 0.6) is 0 Å². The molecule has 0 amide bonds. The molecule has 0 radical (unpaired) electrons. The monoisotopic (exact) mass is 412 g/mol.